The van der Waals surface area contributed by atoms with E-state index >= 15 is 0 Å². The van der Waals surface area contributed by atoms with Crippen LogP contribution < -0.4 is 10.1 Å². The van der Waals surface area contributed by atoms with Crippen molar-refractivity contribution in [3.05, 3.63) is 110 Å². The van der Waals surface area contributed by atoms with Gasteiger partial charge in [0.2, 0.25) is 5.91 Å². The second kappa shape index (κ2) is 11.7. The van der Waals surface area contributed by atoms with Crippen LogP contribution >= 0.6 is 43.6 Å². The summed E-state index contributed by atoms with van der Waals surface area (Å²) >= 11 is 7.84. The number of imide groups is 1. The molecular formula is C29H19Br2FN2O4S. The third-order valence-electron chi connectivity index (χ3n) is 5.82. The monoisotopic (exact) mass is 668 g/mol. The zero-order valence-electron chi connectivity index (χ0n) is 20.1. The van der Waals surface area contributed by atoms with Crippen LogP contribution in [0.15, 0.2) is 92.7 Å². The van der Waals surface area contributed by atoms with Gasteiger partial charge in [-0.25, -0.2) is 4.39 Å². The predicted octanol–water partition coefficient (Wildman–Crippen LogP) is 7.76. The van der Waals surface area contributed by atoms with Gasteiger partial charge in [-0.05, 0) is 114 Å². The molecule has 0 aliphatic carbocycles. The van der Waals surface area contributed by atoms with Gasteiger partial charge in [0.15, 0.2) is 0 Å². The van der Waals surface area contributed by atoms with Crippen molar-refractivity contribution in [1.29, 1.82) is 0 Å². The molecule has 196 valence electrons. The number of amides is 3. The van der Waals surface area contributed by atoms with Gasteiger partial charge >= 0.3 is 0 Å². The van der Waals surface area contributed by atoms with Crippen LogP contribution in [0.5, 0.6) is 5.75 Å². The summed E-state index contributed by atoms with van der Waals surface area (Å²) in [6.07, 6.45) is 1.59. The molecule has 3 amide bonds. The highest BCUT2D eigenvalue weighted by atomic mass is 79.9. The number of anilines is 1. The lowest BCUT2D eigenvalue weighted by molar-refractivity contribution is -0.127. The van der Waals surface area contributed by atoms with Crippen molar-refractivity contribution in [1.82, 2.24) is 4.90 Å². The van der Waals surface area contributed by atoms with Crippen LogP contribution in [-0.2, 0) is 16.2 Å². The van der Waals surface area contributed by atoms with Gasteiger partial charge in [0.05, 0.1) is 13.9 Å². The summed E-state index contributed by atoms with van der Waals surface area (Å²) in [5.41, 5.74) is 2.04. The molecule has 4 aromatic rings. The molecule has 10 heteroatoms. The summed E-state index contributed by atoms with van der Waals surface area (Å²) in [6, 6.07) is 23.0. The second-order valence-corrected chi connectivity index (χ2v) is 11.3. The fourth-order valence-electron chi connectivity index (χ4n) is 3.95. The van der Waals surface area contributed by atoms with Crippen molar-refractivity contribution in [2.45, 2.75) is 6.61 Å². The molecule has 39 heavy (non-hydrogen) atoms. The number of benzene rings is 4. The summed E-state index contributed by atoms with van der Waals surface area (Å²) in [5, 5.41) is 4.29. The third kappa shape index (κ3) is 6.41. The fourth-order valence-corrected chi connectivity index (χ4v) is 6.24. The van der Waals surface area contributed by atoms with Crippen molar-refractivity contribution < 1.29 is 23.5 Å². The van der Waals surface area contributed by atoms with Crippen molar-refractivity contribution in [2.24, 2.45) is 0 Å². The molecule has 1 saturated heterocycles. The van der Waals surface area contributed by atoms with E-state index in [1.807, 2.05) is 18.2 Å². The van der Waals surface area contributed by atoms with Crippen LogP contribution in [0.4, 0.5) is 14.9 Å². The number of ether oxygens (including phenoxy) is 1. The number of rotatable bonds is 7. The van der Waals surface area contributed by atoms with E-state index in [0.717, 1.165) is 33.0 Å². The smallest absolute Gasteiger partial charge is 0.294 e. The Bertz CT molecular complexity index is 1620. The van der Waals surface area contributed by atoms with Crippen molar-refractivity contribution in [3.8, 4) is 5.75 Å². The first-order valence-electron chi connectivity index (χ1n) is 11.7. The van der Waals surface area contributed by atoms with Crippen LogP contribution in [-0.4, -0.2) is 28.5 Å². The Balaban J connectivity index is 1.25. The minimum Gasteiger partial charge on any atom is -0.487 e. The first-order valence-corrected chi connectivity index (χ1v) is 14.1. The Kier molecular flexibility index (Phi) is 8.15. The van der Waals surface area contributed by atoms with Crippen LogP contribution in [0.2, 0.25) is 0 Å². The number of thioether (sulfide) groups is 1. The Morgan fingerprint density at radius 1 is 0.949 bits per heavy atom. The molecule has 1 N–H and O–H groups in total. The van der Waals surface area contributed by atoms with Crippen molar-refractivity contribution in [3.63, 3.8) is 0 Å². The van der Waals surface area contributed by atoms with Crippen LogP contribution in [0, 0.1) is 5.82 Å². The lowest BCUT2D eigenvalue weighted by atomic mass is 10.1. The summed E-state index contributed by atoms with van der Waals surface area (Å²) in [7, 11) is 0. The Hall–Kier alpha value is -3.47. The molecule has 1 aliphatic heterocycles. The molecule has 0 spiro atoms. The zero-order chi connectivity index (χ0) is 27.5. The van der Waals surface area contributed by atoms with E-state index in [4.69, 9.17) is 4.74 Å². The molecule has 0 saturated carbocycles. The largest absolute Gasteiger partial charge is 0.487 e. The average Bonchev–Trinajstić information content (AvgIpc) is 3.16. The van der Waals surface area contributed by atoms with Crippen molar-refractivity contribution in [2.75, 3.05) is 11.9 Å². The highest BCUT2D eigenvalue weighted by Gasteiger charge is 2.36. The summed E-state index contributed by atoms with van der Waals surface area (Å²) < 4.78 is 20.5. The highest BCUT2D eigenvalue weighted by Crippen LogP contribution is 2.38. The van der Waals surface area contributed by atoms with Gasteiger partial charge in [-0.15, -0.1) is 0 Å². The van der Waals surface area contributed by atoms with E-state index in [2.05, 4.69) is 61.4 Å². The lowest BCUT2D eigenvalue weighted by Crippen LogP contribution is -2.36. The van der Waals surface area contributed by atoms with Crippen LogP contribution in [0.25, 0.3) is 16.8 Å². The van der Waals surface area contributed by atoms with Gasteiger partial charge in [0, 0.05) is 5.69 Å². The van der Waals surface area contributed by atoms with Gasteiger partial charge in [0.25, 0.3) is 11.1 Å². The fraction of sp³-hybridized carbons (Fsp3) is 0.0690. The molecule has 1 aliphatic rings. The molecule has 0 unspecified atom stereocenters. The van der Waals surface area contributed by atoms with Crippen molar-refractivity contribution >= 4 is 83.2 Å². The maximum absolute atomic E-state index is 13.1. The first-order chi connectivity index (χ1) is 18.8. The molecule has 6 nitrogen and oxygen atoms in total. The molecular weight excluding hydrogens is 651 g/mol. The van der Waals surface area contributed by atoms with Gasteiger partial charge < -0.3 is 10.1 Å². The van der Waals surface area contributed by atoms with Crippen LogP contribution in [0.1, 0.15) is 11.1 Å². The van der Waals surface area contributed by atoms with Crippen LogP contribution in [0.3, 0.4) is 0 Å². The van der Waals surface area contributed by atoms with E-state index in [1.165, 1.54) is 24.3 Å². The SMILES string of the molecule is O=C(CN1C(=O)S/C(=C\c2cc(Br)c(OCc3ccc4ccccc4c3)c(Br)c2)C1=O)Nc1ccc(F)cc1. The molecule has 4 aromatic carbocycles. The quantitative estimate of drug-likeness (QED) is 0.204. The normalized spacial score (nSPS) is 14.3. The minimum atomic E-state index is -0.567. The van der Waals surface area contributed by atoms with Gasteiger partial charge in [-0.3, -0.25) is 19.3 Å². The third-order valence-corrected chi connectivity index (χ3v) is 7.90. The lowest BCUT2D eigenvalue weighted by Gasteiger charge is -2.13. The topological polar surface area (TPSA) is 75.7 Å². The zero-order valence-corrected chi connectivity index (χ0v) is 24.1. The molecule has 1 heterocycles. The molecule has 0 atom stereocenters. The maximum atomic E-state index is 13.1. The number of hydrogen-bond acceptors (Lipinski definition) is 5. The van der Waals surface area contributed by atoms with Gasteiger partial charge in [0.1, 0.15) is 24.7 Å². The molecule has 5 rings (SSSR count). The number of carbonyl (C=O) groups is 3. The summed E-state index contributed by atoms with van der Waals surface area (Å²) in [6.45, 7) is -0.0887. The Morgan fingerprint density at radius 2 is 1.64 bits per heavy atom. The number of halogens is 3. The number of fused-ring (bicyclic) bond motifs is 1. The van der Waals surface area contributed by atoms with Gasteiger partial charge in [-0.2, -0.15) is 0 Å². The summed E-state index contributed by atoms with van der Waals surface area (Å²) in [5.74, 6) is -0.968. The van der Waals surface area contributed by atoms with E-state index < -0.39 is 29.4 Å². The van der Waals surface area contributed by atoms with E-state index in [-0.39, 0.29) is 4.91 Å². The maximum Gasteiger partial charge on any atom is 0.294 e. The van der Waals surface area contributed by atoms with E-state index in [1.54, 1.807) is 18.2 Å². The Morgan fingerprint density at radius 3 is 2.36 bits per heavy atom. The molecule has 0 bridgehead atoms. The Labute approximate surface area is 244 Å². The number of hydrogen-bond donors (Lipinski definition) is 1. The highest BCUT2D eigenvalue weighted by molar-refractivity contribution is 9.11. The van der Waals surface area contributed by atoms with Gasteiger partial charge in [-0.1, -0.05) is 36.4 Å². The predicted molar refractivity (Wildman–Crippen MR) is 158 cm³/mol. The molecule has 0 radical (unpaired) electrons. The second-order valence-electron chi connectivity index (χ2n) is 8.61. The molecule has 0 aromatic heterocycles. The standard InChI is InChI=1S/C29H19Br2FN2O4S/c30-23-12-18(13-24(31)27(23)38-16-17-5-6-19-3-1-2-4-20(19)11-17)14-25-28(36)34(29(37)39-25)15-26(35)33-22-9-7-21(32)8-10-22/h1-14H,15-16H2,(H,33,35)/b25-14-. The molecule has 1 fully saturated rings. The minimum absolute atomic E-state index is 0.193. The van der Waals surface area contributed by atoms with E-state index in [0.29, 0.717) is 32.6 Å². The average molecular weight is 670 g/mol. The van der Waals surface area contributed by atoms with E-state index in [9.17, 15) is 18.8 Å². The number of nitrogens with zero attached hydrogens (tertiary/aromatic N) is 1. The summed E-state index contributed by atoms with van der Waals surface area (Å²) in [4.78, 5) is 38.8. The first kappa shape index (κ1) is 27.1. The number of nitrogens with one attached hydrogen (secondary N) is 1. The number of carbonyl (C=O) groups excluding carboxylic acids is 3.